The van der Waals surface area contributed by atoms with Crippen LogP contribution in [0.1, 0.15) is 17.7 Å². The second kappa shape index (κ2) is 8.68. The summed E-state index contributed by atoms with van der Waals surface area (Å²) in [5.74, 6) is 0.994. The topological polar surface area (TPSA) is 102 Å². The number of hydrogen-bond acceptors (Lipinski definition) is 6. The van der Waals surface area contributed by atoms with Crippen molar-refractivity contribution < 1.29 is 9.53 Å². The van der Waals surface area contributed by atoms with Crippen molar-refractivity contribution in [2.45, 2.75) is 19.4 Å². The first kappa shape index (κ1) is 18.9. The van der Waals surface area contributed by atoms with E-state index in [0.29, 0.717) is 38.4 Å². The van der Waals surface area contributed by atoms with Gasteiger partial charge in [0, 0.05) is 19.3 Å². The zero-order valence-electron chi connectivity index (χ0n) is 15.5. The summed E-state index contributed by atoms with van der Waals surface area (Å²) in [6.45, 7) is 2.20. The van der Waals surface area contributed by atoms with Gasteiger partial charge in [0.15, 0.2) is 5.82 Å². The number of carbonyl (C=O) groups excluding carboxylic acids is 1. The van der Waals surface area contributed by atoms with Gasteiger partial charge in [-0.15, -0.1) is 0 Å². The Morgan fingerprint density at radius 1 is 1.26 bits per heavy atom. The molecule has 1 saturated heterocycles. The maximum atomic E-state index is 13.0. The highest BCUT2D eigenvalue weighted by Gasteiger charge is 2.22. The number of nitrogens with two attached hydrogens (primary N) is 1. The molecule has 3 N–H and O–H groups in total. The van der Waals surface area contributed by atoms with Gasteiger partial charge in [0.2, 0.25) is 5.91 Å². The van der Waals surface area contributed by atoms with Crippen LogP contribution in [0.3, 0.4) is 0 Å². The maximum absolute atomic E-state index is 13.0. The van der Waals surface area contributed by atoms with E-state index in [1.807, 2.05) is 24.3 Å². The number of aromatic nitrogens is 2. The molecule has 0 aliphatic carbocycles. The van der Waals surface area contributed by atoms with E-state index in [9.17, 15) is 9.59 Å². The third kappa shape index (κ3) is 4.65. The molecule has 8 heteroatoms. The van der Waals surface area contributed by atoms with Gasteiger partial charge >= 0.3 is 0 Å². The number of nitrogens with zero attached hydrogens (tertiary/aromatic N) is 3. The summed E-state index contributed by atoms with van der Waals surface area (Å²) < 4.78 is 6.84. The summed E-state index contributed by atoms with van der Waals surface area (Å²) in [6.07, 6.45) is 3.26. The van der Waals surface area contributed by atoms with Gasteiger partial charge in [-0.2, -0.15) is 0 Å². The molecule has 1 amide bonds. The number of ether oxygens (including phenoxy) is 1. The van der Waals surface area contributed by atoms with Gasteiger partial charge in [-0.1, -0.05) is 12.1 Å². The molecule has 0 spiro atoms. The van der Waals surface area contributed by atoms with Crippen LogP contribution in [0.5, 0.6) is 5.75 Å². The van der Waals surface area contributed by atoms with Crippen molar-refractivity contribution in [3.05, 3.63) is 52.1 Å². The fourth-order valence-electron chi connectivity index (χ4n) is 3.05. The molecule has 144 valence electrons. The van der Waals surface area contributed by atoms with Crippen LogP contribution in [0, 0.1) is 0 Å². The summed E-state index contributed by atoms with van der Waals surface area (Å²) in [5, 5.41) is 2.77. The second-order valence-electron chi connectivity index (χ2n) is 6.50. The SMILES string of the molecule is COc1ccc(Cn2cc(CCCN)nc(N3CCNC(=O)C3)c2=O)cc1. The van der Waals surface area contributed by atoms with E-state index in [1.54, 1.807) is 22.8 Å². The van der Waals surface area contributed by atoms with E-state index in [1.165, 1.54) is 0 Å². The molecule has 2 aromatic rings. The number of rotatable bonds is 7. The smallest absolute Gasteiger partial charge is 0.293 e. The van der Waals surface area contributed by atoms with E-state index >= 15 is 0 Å². The first-order valence-corrected chi connectivity index (χ1v) is 9.05. The Bertz CT molecular complexity index is 847. The third-order valence-corrected chi connectivity index (χ3v) is 4.49. The molecule has 3 rings (SSSR count). The van der Waals surface area contributed by atoms with Gasteiger partial charge in [-0.3, -0.25) is 9.59 Å². The molecule has 2 heterocycles. The van der Waals surface area contributed by atoms with Gasteiger partial charge in [0.1, 0.15) is 5.75 Å². The summed E-state index contributed by atoms with van der Waals surface area (Å²) >= 11 is 0. The highest BCUT2D eigenvalue weighted by molar-refractivity contribution is 5.82. The van der Waals surface area contributed by atoms with Gasteiger partial charge in [0.05, 0.1) is 25.9 Å². The lowest BCUT2D eigenvalue weighted by Crippen LogP contribution is -2.50. The summed E-state index contributed by atoms with van der Waals surface area (Å²) in [7, 11) is 1.62. The third-order valence-electron chi connectivity index (χ3n) is 4.49. The molecule has 0 atom stereocenters. The quantitative estimate of drug-likeness (QED) is 0.717. The minimum atomic E-state index is -0.197. The normalized spacial score (nSPS) is 14.1. The number of carbonyl (C=O) groups is 1. The summed E-state index contributed by atoms with van der Waals surface area (Å²) in [5.41, 5.74) is 7.21. The highest BCUT2D eigenvalue weighted by atomic mass is 16.5. The molecular formula is C19H25N5O3. The molecule has 27 heavy (non-hydrogen) atoms. The second-order valence-corrected chi connectivity index (χ2v) is 6.50. The van der Waals surface area contributed by atoms with Gasteiger partial charge in [-0.05, 0) is 37.1 Å². The standard InChI is InChI=1S/C19H25N5O3/c1-27-16-6-4-14(5-7-16)11-24-12-15(3-2-8-20)22-18(19(24)26)23-10-9-21-17(25)13-23/h4-7,12H,2-3,8-11,13,20H2,1H3,(H,21,25). The molecule has 0 saturated carbocycles. The molecule has 0 bridgehead atoms. The number of hydrogen-bond donors (Lipinski definition) is 2. The summed E-state index contributed by atoms with van der Waals surface area (Å²) in [4.78, 5) is 31.0. The molecule has 0 unspecified atom stereocenters. The van der Waals surface area contributed by atoms with Crippen LogP contribution in [0.4, 0.5) is 5.82 Å². The van der Waals surface area contributed by atoms with Crippen LogP contribution in [0.15, 0.2) is 35.3 Å². The Morgan fingerprint density at radius 3 is 2.70 bits per heavy atom. The first-order valence-electron chi connectivity index (χ1n) is 9.05. The number of piperazine rings is 1. The van der Waals surface area contributed by atoms with Crippen molar-refractivity contribution >= 4 is 11.7 Å². The monoisotopic (exact) mass is 371 g/mol. The number of nitrogens with one attached hydrogen (secondary N) is 1. The Kier molecular flexibility index (Phi) is 6.08. The van der Waals surface area contributed by atoms with Crippen LogP contribution in [0.25, 0.3) is 0 Å². The Labute approximate surface area is 158 Å². The minimum Gasteiger partial charge on any atom is -0.497 e. The van der Waals surface area contributed by atoms with Gasteiger partial charge in [0.25, 0.3) is 5.56 Å². The van der Waals surface area contributed by atoms with Gasteiger partial charge in [-0.25, -0.2) is 4.98 Å². The molecule has 0 radical (unpaired) electrons. The Morgan fingerprint density at radius 2 is 2.04 bits per heavy atom. The average molecular weight is 371 g/mol. The van der Waals surface area contributed by atoms with E-state index in [-0.39, 0.29) is 18.0 Å². The predicted molar refractivity (Wildman–Crippen MR) is 103 cm³/mol. The molecule has 1 aliphatic rings. The molecule has 1 aromatic carbocycles. The van der Waals surface area contributed by atoms with Crippen molar-refractivity contribution in [2.24, 2.45) is 5.73 Å². The van der Waals surface area contributed by atoms with Gasteiger partial charge < -0.3 is 25.3 Å². The van der Waals surface area contributed by atoms with Crippen molar-refractivity contribution in [3.8, 4) is 5.75 Å². The van der Waals surface area contributed by atoms with Crippen LogP contribution >= 0.6 is 0 Å². The van der Waals surface area contributed by atoms with E-state index < -0.39 is 0 Å². The Hall–Kier alpha value is -2.87. The van der Waals surface area contributed by atoms with Crippen molar-refractivity contribution in [3.63, 3.8) is 0 Å². The first-order chi connectivity index (χ1) is 13.1. The predicted octanol–water partition coefficient (Wildman–Crippen LogP) is 0.128. The van der Waals surface area contributed by atoms with E-state index in [0.717, 1.165) is 23.4 Å². The lowest BCUT2D eigenvalue weighted by atomic mass is 10.2. The average Bonchev–Trinajstić information content (AvgIpc) is 2.69. The molecular weight excluding hydrogens is 346 g/mol. The van der Waals surface area contributed by atoms with Crippen LogP contribution < -0.4 is 26.2 Å². The van der Waals surface area contributed by atoms with Crippen molar-refractivity contribution in [1.29, 1.82) is 0 Å². The van der Waals surface area contributed by atoms with Crippen LogP contribution in [-0.4, -0.2) is 48.7 Å². The zero-order chi connectivity index (χ0) is 19.2. The number of anilines is 1. The molecule has 1 aromatic heterocycles. The van der Waals surface area contributed by atoms with Crippen molar-refractivity contribution in [2.75, 3.05) is 38.2 Å². The van der Waals surface area contributed by atoms with E-state index in [4.69, 9.17) is 10.5 Å². The highest BCUT2D eigenvalue weighted by Crippen LogP contribution is 2.14. The zero-order valence-corrected chi connectivity index (χ0v) is 15.5. The molecule has 1 fully saturated rings. The number of amides is 1. The Balaban J connectivity index is 1.93. The fraction of sp³-hybridized carbons (Fsp3) is 0.421. The van der Waals surface area contributed by atoms with Crippen LogP contribution in [-0.2, 0) is 17.8 Å². The minimum absolute atomic E-state index is 0.100. The molecule has 8 nitrogen and oxygen atoms in total. The van der Waals surface area contributed by atoms with Crippen molar-refractivity contribution in [1.82, 2.24) is 14.9 Å². The lowest BCUT2D eigenvalue weighted by Gasteiger charge is -2.27. The van der Waals surface area contributed by atoms with Crippen LogP contribution in [0.2, 0.25) is 0 Å². The lowest BCUT2D eigenvalue weighted by molar-refractivity contribution is -0.120. The molecule has 1 aliphatic heterocycles. The number of aryl methyl sites for hydroxylation is 1. The van der Waals surface area contributed by atoms with E-state index in [2.05, 4.69) is 10.3 Å². The number of benzene rings is 1. The largest absolute Gasteiger partial charge is 0.497 e. The fourth-order valence-corrected chi connectivity index (χ4v) is 3.05. The summed E-state index contributed by atoms with van der Waals surface area (Å²) in [6, 6.07) is 7.60. The maximum Gasteiger partial charge on any atom is 0.293 e. The number of methoxy groups -OCH3 is 1.